The lowest BCUT2D eigenvalue weighted by Crippen LogP contribution is -2.15. The van der Waals surface area contributed by atoms with Gasteiger partial charge in [-0.2, -0.15) is 4.68 Å². The van der Waals surface area contributed by atoms with Crippen molar-refractivity contribution in [2.24, 2.45) is 0 Å². The Hall–Kier alpha value is -2.86. The Labute approximate surface area is 136 Å². The second kappa shape index (κ2) is 6.10. The summed E-state index contributed by atoms with van der Waals surface area (Å²) in [7, 11) is 0. The Balaban J connectivity index is 1.82. The number of nitrogens with zero attached hydrogens (tertiary/aromatic N) is 2. The van der Waals surface area contributed by atoms with Crippen molar-refractivity contribution in [2.45, 2.75) is 6.92 Å². The summed E-state index contributed by atoms with van der Waals surface area (Å²) in [5.74, 6) is -0.598. The van der Waals surface area contributed by atoms with Crippen molar-refractivity contribution in [1.82, 2.24) is 9.78 Å². The SMILES string of the molecule is Cc1nn(-c2ccc(C(=O)Nc3ccccc3Cl)cc2)c(=O)o1. The van der Waals surface area contributed by atoms with Crippen LogP contribution in [-0.4, -0.2) is 15.7 Å². The first-order valence-corrected chi connectivity index (χ1v) is 7.15. The molecule has 0 radical (unpaired) electrons. The van der Waals surface area contributed by atoms with Crippen LogP contribution in [0.4, 0.5) is 5.69 Å². The fraction of sp³-hybridized carbons (Fsp3) is 0.0625. The van der Waals surface area contributed by atoms with Crippen LogP contribution in [-0.2, 0) is 0 Å². The summed E-state index contributed by atoms with van der Waals surface area (Å²) in [6, 6.07) is 13.4. The average molecular weight is 330 g/mol. The number of aromatic nitrogens is 2. The Morgan fingerprint density at radius 3 is 2.48 bits per heavy atom. The molecule has 0 unspecified atom stereocenters. The fourth-order valence-electron chi connectivity index (χ4n) is 2.05. The van der Waals surface area contributed by atoms with E-state index in [0.717, 1.165) is 4.68 Å². The Morgan fingerprint density at radius 1 is 1.17 bits per heavy atom. The Kier molecular flexibility index (Phi) is 3.99. The smallest absolute Gasteiger partial charge is 0.392 e. The van der Waals surface area contributed by atoms with Gasteiger partial charge >= 0.3 is 5.76 Å². The van der Waals surface area contributed by atoms with Crippen LogP contribution in [0.2, 0.25) is 5.02 Å². The number of hydrogen-bond donors (Lipinski definition) is 1. The number of benzene rings is 2. The van der Waals surface area contributed by atoms with Crippen molar-refractivity contribution in [3.05, 3.63) is 75.6 Å². The third kappa shape index (κ3) is 3.17. The standard InChI is InChI=1S/C16H12ClN3O3/c1-10-19-20(16(22)23-10)12-8-6-11(7-9-12)15(21)18-14-5-3-2-4-13(14)17/h2-9H,1H3,(H,18,21). The molecule has 7 heteroatoms. The maximum absolute atomic E-state index is 12.2. The van der Waals surface area contributed by atoms with E-state index in [1.165, 1.54) is 0 Å². The highest BCUT2D eigenvalue weighted by molar-refractivity contribution is 6.33. The van der Waals surface area contributed by atoms with Crippen LogP contribution in [0.15, 0.2) is 57.7 Å². The van der Waals surface area contributed by atoms with Crippen molar-refractivity contribution < 1.29 is 9.21 Å². The number of halogens is 1. The molecule has 3 aromatic rings. The molecule has 0 saturated carbocycles. The molecule has 1 amide bonds. The maximum Gasteiger partial charge on any atom is 0.441 e. The lowest BCUT2D eigenvalue weighted by Gasteiger charge is -2.07. The van der Waals surface area contributed by atoms with E-state index < -0.39 is 5.76 Å². The molecule has 116 valence electrons. The zero-order valence-electron chi connectivity index (χ0n) is 12.1. The van der Waals surface area contributed by atoms with E-state index in [9.17, 15) is 9.59 Å². The Bertz CT molecular complexity index is 913. The molecule has 23 heavy (non-hydrogen) atoms. The first kappa shape index (κ1) is 15.1. The second-order valence-corrected chi connectivity index (χ2v) is 5.19. The molecule has 6 nitrogen and oxygen atoms in total. The van der Waals surface area contributed by atoms with Crippen LogP contribution < -0.4 is 11.1 Å². The summed E-state index contributed by atoms with van der Waals surface area (Å²) < 4.78 is 5.97. The van der Waals surface area contributed by atoms with E-state index in [1.54, 1.807) is 55.5 Å². The molecule has 2 aromatic carbocycles. The van der Waals surface area contributed by atoms with E-state index >= 15 is 0 Å². The third-order valence-corrected chi connectivity index (χ3v) is 3.47. The molecule has 0 aliphatic heterocycles. The lowest BCUT2D eigenvalue weighted by atomic mass is 10.2. The molecule has 0 aliphatic rings. The molecule has 3 rings (SSSR count). The van der Waals surface area contributed by atoms with Crippen molar-refractivity contribution in [2.75, 3.05) is 5.32 Å². The molecular formula is C16H12ClN3O3. The number of carbonyl (C=O) groups is 1. The molecule has 1 N–H and O–H groups in total. The van der Waals surface area contributed by atoms with E-state index in [2.05, 4.69) is 10.4 Å². The van der Waals surface area contributed by atoms with Crippen LogP contribution in [0.25, 0.3) is 5.69 Å². The minimum atomic E-state index is -0.573. The number of para-hydroxylation sites is 1. The van der Waals surface area contributed by atoms with Crippen molar-refractivity contribution in [1.29, 1.82) is 0 Å². The van der Waals surface area contributed by atoms with Crippen LogP contribution in [0.5, 0.6) is 0 Å². The summed E-state index contributed by atoms with van der Waals surface area (Å²) in [4.78, 5) is 23.8. The van der Waals surface area contributed by atoms with E-state index in [4.69, 9.17) is 16.0 Å². The summed E-state index contributed by atoms with van der Waals surface area (Å²) in [6.45, 7) is 1.59. The summed E-state index contributed by atoms with van der Waals surface area (Å²) in [5.41, 5.74) is 1.48. The highest BCUT2D eigenvalue weighted by Crippen LogP contribution is 2.21. The van der Waals surface area contributed by atoms with Crippen molar-refractivity contribution in [3.63, 3.8) is 0 Å². The first-order chi connectivity index (χ1) is 11.0. The molecule has 0 atom stereocenters. The van der Waals surface area contributed by atoms with Gasteiger partial charge in [-0.1, -0.05) is 23.7 Å². The van der Waals surface area contributed by atoms with Crippen LogP contribution in [0.3, 0.4) is 0 Å². The summed E-state index contributed by atoms with van der Waals surface area (Å²) in [6.07, 6.45) is 0. The molecular weight excluding hydrogens is 318 g/mol. The molecule has 0 spiro atoms. The largest absolute Gasteiger partial charge is 0.441 e. The van der Waals surface area contributed by atoms with Crippen LogP contribution >= 0.6 is 11.6 Å². The fourth-order valence-corrected chi connectivity index (χ4v) is 2.23. The van der Waals surface area contributed by atoms with Gasteiger partial charge in [-0.15, -0.1) is 5.10 Å². The number of nitrogens with one attached hydrogen (secondary N) is 1. The molecule has 0 fully saturated rings. The van der Waals surface area contributed by atoms with Gasteiger partial charge in [0.2, 0.25) is 5.89 Å². The second-order valence-electron chi connectivity index (χ2n) is 4.78. The monoisotopic (exact) mass is 329 g/mol. The molecule has 0 aliphatic carbocycles. The topological polar surface area (TPSA) is 77.1 Å². The number of carbonyl (C=O) groups excluding carboxylic acids is 1. The van der Waals surface area contributed by atoms with Gasteiger partial charge in [0.15, 0.2) is 0 Å². The molecule has 1 aromatic heterocycles. The number of aryl methyl sites for hydroxylation is 1. The normalized spacial score (nSPS) is 10.5. The maximum atomic E-state index is 12.2. The van der Waals surface area contributed by atoms with E-state index in [1.807, 2.05) is 0 Å². The Morgan fingerprint density at radius 2 is 1.87 bits per heavy atom. The van der Waals surface area contributed by atoms with E-state index in [-0.39, 0.29) is 11.8 Å². The van der Waals surface area contributed by atoms with Gasteiger partial charge in [0.25, 0.3) is 5.91 Å². The molecule has 0 bridgehead atoms. The first-order valence-electron chi connectivity index (χ1n) is 6.78. The van der Waals surface area contributed by atoms with E-state index in [0.29, 0.717) is 22.0 Å². The zero-order valence-corrected chi connectivity index (χ0v) is 12.9. The highest BCUT2D eigenvalue weighted by atomic mass is 35.5. The average Bonchev–Trinajstić information content (AvgIpc) is 2.88. The molecule has 1 heterocycles. The zero-order chi connectivity index (χ0) is 16.4. The van der Waals surface area contributed by atoms with Gasteiger partial charge < -0.3 is 9.73 Å². The minimum Gasteiger partial charge on any atom is -0.392 e. The summed E-state index contributed by atoms with van der Waals surface area (Å²) >= 11 is 6.01. The number of rotatable bonds is 3. The molecule has 0 saturated heterocycles. The quantitative estimate of drug-likeness (QED) is 0.801. The van der Waals surface area contributed by atoms with Crippen LogP contribution in [0, 0.1) is 6.92 Å². The highest BCUT2D eigenvalue weighted by Gasteiger charge is 2.10. The predicted octanol–water partition coefficient (Wildman–Crippen LogP) is 3.04. The number of anilines is 1. The van der Waals surface area contributed by atoms with Gasteiger partial charge in [-0.3, -0.25) is 4.79 Å². The van der Waals surface area contributed by atoms with Crippen molar-refractivity contribution in [3.8, 4) is 5.69 Å². The minimum absolute atomic E-state index is 0.274. The predicted molar refractivity (Wildman–Crippen MR) is 86.2 cm³/mol. The third-order valence-electron chi connectivity index (χ3n) is 3.14. The van der Waals surface area contributed by atoms with Gasteiger partial charge in [0.1, 0.15) is 0 Å². The van der Waals surface area contributed by atoms with Gasteiger partial charge in [-0.05, 0) is 36.4 Å². The van der Waals surface area contributed by atoms with Gasteiger partial charge in [0, 0.05) is 12.5 Å². The van der Waals surface area contributed by atoms with Crippen LogP contribution in [0.1, 0.15) is 16.2 Å². The number of hydrogen-bond acceptors (Lipinski definition) is 4. The van der Waals surface area contributed by atoms with Crippen molar-refractivity contribution >= 4 is 23.2 Å². The van der Waals surface area contributed by atoms with Gasteiger partial charge in [-0.25, -0.2) is 4.79 Å². The van der Waals surface area contributed by atoms with Gasteiger partial charge in [0.05, 0.1) is 16.4 Å². The summed E-state index contributed by atoms with van der Waals surface area (Å²) in [5, 5.41) is 7.14. The lowest BCUT2D eigenvalue weighted by molar-refractivity contribution is 0.102. The number of amides is 1.